The summed E-state index contributed by atoms with van der Waals surface area (Å²) < 4.78 is 5.21. The van der Waals surface area contributed by atoms with Gasteiger partial charge in [-0.25, -0.2) is 0 Å². The van der Waals surface area contributed by atoms with Crippen LogP contribution in [0.25, 0.3) is 0 Å². The van der Waals surface area contributed by atoms with E-state index in [-0.39, 0.29) is 11.8 Å². The molecule has 1 heterocycles. The van der Waals surface area contributed by atoms with Crippen LogP contribution >= 0.6 is 23.5 Å². The summed E-state index contributed by atoms with van der Waals surface area (Å²) in [6, 6.07) is 11.2. The van der Waals surface area contributed by atoms with Crippen LogP contribution < -0.4 is 16.0 Å². The largest absolute Gasteiger partial charge is 0.389 e. The molecule has 2 aromatic rings. The standard InChI is InChI=1S/C34H52N4O5S2/c1-6-12-27(13-7-2)45-23-29(38-32(40)26-16-11-17-35-22-26)33(41)37-28(20-25-14-9-8-10-15-25)30(39)31(44-19-18-43-5)34(42)36-21-24(3)4/h8-11,14-17,22,24,27-31,39H,6-7,12-13,18-21,23H2,1-5H3,(H,36,42)(H,37,41)(H,38,40)/t28-,29?,30?,31+/m0/s1. The van der Waals surface area contributed by atoms with Gasteiger partial charge >= 0.3 is 0 Å². The molecule has 11 heteroatoms. The van der Waals surface area contributed by atoms with Crippen LogP contribution in [0.4, 0.5) is 0 Å². The minimum atomic E-state index is -1.21. The van der Waals surface area contributed by atoms with Crippen molar-refractivity contribution < 1.29 is 24.2 Å². The van der Waals surface area contributed by atoms with Crippen molar-refractivity contribution in [2.24, 2.45) is 5.92 Å². The molecule has 0 aliphatic rings. The summed E-state index contributed by atoms with van der Waals surface area (Å²) in [6.07, 6.45) is 6.25. The highest BCUT2D eigenvalue weighted by Gasteiger charge is 2.36. The molecular formula is C34H52N4O5S2. The lowest BCUT2D eigenvalue weighted by molar-refractivity contribution is -0.126. The van der Waals surface area contributed by atoms with Gasteiger partial charge in [0.1, 0.15) is 11.3 Å². The van der Waals surface area contributed by atoms with Crippen molar-refractivity contribution in [3.63, 3.8) is 0 Å². The Labute approximate surface area is 277 Å². The number of thioether (sulfide) groups is 2. The van der Waals surface area contributed by atoms with Crippen molar-refractivity contribution in [2.75, 3.05) is 31.8 Å². The van der Waals surface area contributed by atoms with Gasteiger partial charge in [-0.15, -0.1) is 11.8 Å². The smallest absolute Gasteiger partial charge is 0.253 e. The van der Waals surface area contributed by atoms with Crippen LogP contribution in [0.2, 0.25) is 0 Å². The van der Waals surface area contributed by atoms with Gasteiger partial charge in [-0.05, 0) is 42.9 Å². The maximum Gasteiger partial charge on any atom is 0.253 e. The molecule has 0 fully saturated rings. The molecule has 4 N–H and O–H groups in total. The van der Waals surface area contributed by atoms with E-state index >= 15 is 0 Å². The van der Waals surface area contributed by atoms with Gasteiger partial charge in [-0.2, -0.15) is 11.8 Å². The molecule has 0 spiro atoms. The molecule has 3 amide bonds. The second-order valence-corrected chi connectivity index (χ2v) is 14.1. The number of nitrogens with zero attached hydrogens (tertiary/aromatic N) is 1. The Morgan fingerprint density at radius 2 is 1.67 bits per heavy atom. The lowest BCUT2D eigenvalue weighted by atomic mass is 9.98. The monoisotopic (exact) mass is 660 g/mol. The average Bonchev–Trinajstić information content (AvgIpc) is 3.04. The fraction of sp³-hybridized carbons (Fsp3) is 0.588. The first kappa shape index (κ1) is 38.6. The summed E-state index contributed by atoms with van der Waals surface area (Å²) >= 11 is 2.98. The van der Waals surface area contributed by atoms with E-state index in [4.69, 9.17) is 4.74 Å². The topological polar surface area (TPSA) is 130 Å². The van der Waals surface area contributed by atoms with E-state index in [1.807, 2.05) is 44.2 Å². The van der Waals surface area contributed by atoms with Crippen LogP contribution in [0.5, 0.6) is 0 Å². The van der Waals surface area contributed by atoms with Crippen LogP contribution in [0.1, 0.15) is 69.3 Å². The van der Waals surface area contributed by atoms with Crippen molar-refractivity contribution in [3.8, 4) is 0 Å². The van der Waals surface area contributed by atoms with Crippen molar-refractivity contribution in [1.29, 1.82) is 0 Å². The molecule has 1 aromatic carbocycles. The number of amides is 3. The Bertz CT molecular complexity index is 1120. The average molecular weight is 661 g/mol. The van der Waals surface area contributed by atoms with Crippen LogP contribution in [0.3, 0.4) is 0 Å². The highest BCUT2D eigenvalue weighted by atomic mass is 32.2. The van der Waals surface area contributed by atoms with E-state index in [9.17, 15) is 19.5 Å². The molecule has 2 unspecified atom stereocenters. The molecule has 0 aliphatic heterocycles. The fourth-order valence-electron chi connectivity index (χ4n) is 4.72. The lowest BCUT2D eigenvalue weighted by Gasteiger charge is -2.31. The molecule has 1 aromatic heterocycles. The number of aliphatic hydroxyl groups is 1. The Kier molecular flexibility index (Phi) is 18.9. The number of carbonyl (C=O) groups excluding carboxylic acids is 3. The summed E-state index contributed by atoms with van der Waals surface area (Å²) in [4.78, 5) is 44.6. The number of hydrogen-bond donors (Lipinski definition) is 4. The highest BCUT2D eigenvalue weighted by molar-refractivity contribution is 8.00. The first-order valence-electron chi connectivity index (χ1n) is 15.9. The predicted octanol–water partition coefficient (Wildman–Crippen LogP) is 4.49. The van der Waals surface area contributed by atoms with Gasteiger partial charge in [0.15, 0.2) is 0 Å². The third-order valence-corrected chi connectivity index (χ3v) is 9.86. The number of nitrogens with one attached hydrogen (secondary N) is 3. The van der Waals surface area contributed by atoms with Gasteiger partial charge < -0.3 is 25.8 Å². The van der Waals surface area contributed by atoms with Gasteiger partial charge in [0, 0.05) is 42.8 Å². The third-order valence-electron chi connectivity index (χ3n) is 7.14. The molecular weight excluding hydrogens is 609 g/mol. The Balaban J connectivity index is 2.37. The zero-order valence-corrected chi connectivity index (χ0v) is 29.0. The number of hydrogen-bond acceptors (Lipinski definition) is 8. The Morgan fingerprint density at radius 3 is 2.27 bits per heavy atom. The van der Waals surface area contributed by atoms with E-state index in [0.29, 0.717) is 41.9 Å². The van der Waals surface area contributed by atoms with Crippen LogP contribution in [0, 0.1) is 5.92 Å². The lowest BCUT2D eigenvalue weighted by Crippen LogP contribution is -2.57. The van der Waals surface area contributed by atoms with E-state index in [2.05, 4.69) is 34.8 Å². The first-order chi connectivity index (χ1) is 21.7. The SMILES string of the molecule is CCCC(CCC)SCC(NC(=O)c1cccnc1)C(=O)N[C@@H](Cc1ccccc1)C(O)[C@@H](SCCOC)C(=O)NCC(C)C. The van der Waals surface area contributed by atoms with Crippen LogP contribution in [0.15, 0.2) is 54.9 Å². The van der Waals surface area contributed by atoms with E-state index in [0.717, 1.165) is 31.2 Å². The minimum Gasteiger partial charge on any atom is -0.389 e. The number of aromatic nitrogens is 1. The second kappa shape index (κ2) is 22.0. The van der Waals surface area contributed by atoms with Crippen molar-refractivity contribution in [2.45, 2.75) is 88.5 Å². The van der Waals surface area contributed by atoms with Gasteiger partial charge in [0.25, 0.3) is 5.91 Å². The van der Waals surface area contributed by atoms with Gasteiger partial charge in [-0.3, -0.25) is 19.4 Å². The molecule has 0 saturated carbocycles. The molecule has 0 aliphatic carbocycles. The Morgan fingerprint density at radius 1 is 0.956 bits per heavy atom. The zero-order valence-electron chi connectivity index (χ0n) is 27.4. The number of carbonyl (C=O) groups is 3. The summed E-state index contributed by atoms with van der Waals surface area (Å²) in [5.41, 5.74) is 1.26. The molecule has 2 rings (SSSR count). The second-order valence-electron chi connectivity index (χ2n) is 11.5. The molecule has 45 heavy (non-hydrogen) atoms. The molecule has 0 bridgehead atoms. The molecule has 0 radical (unpaired) electrons. The van der Waals surface area contributed by atoms with Gasteiger partial charge in [-0.1, -0.05) is 70.9 Å². The first-order valence-corrected chi connectivity index (χ1v) is 18.0. The molecule has 9 nitrogen and oxygen atoms in total. The van der Waals surface area contributed by atoms with Gasteiger partial charge in [0.2, 0.25) is 11.8 Å². The van der Waals surface area contributed by atoms with Crippen LogP contribution in [-0.2, 0) is 20.7 Å². The number of pyridine rings is 1. The predicted molar refractivity (Wildman–Crippen MR) is 186 cm³/mol. The number of aliphatic hydroxyl groups excluding tert-OH is 1. The van der Waals surface area contributed by atoms with Crippen molar-refractivity contribution in [1.82, 2.24) is 20.9 Å². The van der Waals surface area contributed by atoms with Gasteiger partial charge in [0.05, 0.1) is 24.3 Å². The third kappa shape index (κ3) is 14.6. The van der Waals surface area contributed by atoms with Crippen molar-refractivity contribution >= 4 is 41.2 Å². The number of methoxy groups -OCH3 is 1. The number of rotatable bonds is 22. The zero-order chi connectivity index (χ0) is 33.0. The molecule has 250 valence electrons. The molecule has 4 atom stereocenters. The quantitative estimate of drug-likeness (QED) is 0.136. The maximum atomic E-state index is 14.0. The Hall–Kier alpha value is -2.60. The van der Waals surface area contributed by atoms with E-state index in [1.54, 1.807) is 37.2 Å². The summed E-state index contributed by atoms with van der Waals surface area (Å²) in [5, 5.41) is 20.2. The summed E-state index contributed by atoms with van der Waals surface area (Å²) in [7, 11) is 1.59. The normalized spacial score (nSPS) is 14.0. The molecule has 0 saturated heterocycles. The number of benzene rings is 1. The summed E-state index contributed by atoms with van der Waals surface area (Å²) in [6.45, 7) is 9.19. The van der Waals surface area contributed by atoms with E-state index < -0.39 is 35.3 Å². The maximum absolute atomic E-state index is 14.0. The minimum absolute atomic E-state index is 0.237. The highest BCUT2D eigenvalue weighted by Crippen LogP contribution is 2.24. The van der Waals surface area contributed by atoms with Crippen LogP contribution in [-0.4, -0.2) is 88.3 Å². The fourth-order valence-corrected chi connectivity index (χ4v) is 7.36. The van der Waals surface area contributed by atoms with E-state index in [1.165, 1.54) is 18.0 Å². The summed E-state index contributed by atoms with van der Waals surface area (Å²) in [5.74, 6) is 0.0143. The number of ether oxygens (including phenoxy) is 1. The van der Waals surface area contributed by atoms with Crippen molar-refractivity contribution in [3.05, 3.63) is 66.0 Å².